The molecule has 2 nitrogen and oxygen atoms in total. The van der Waals surface area contributed by atoms with E-state index < -0.39 is 0 Å². The Morgan fingerprint density at radius 3 is 2.47 bits per heavy atom. The van der Waals surface area contributed by atoms with Crippen molar-refractivity contribution in [2.24, 2.45) is 0 Å². The van der Waals surface area contributed by atoms with E-state index in [2.05, 4.69) is 53.6 Å². The van der Waals surface area contributed by atoms with Crippen LogP contribution in [-0.4, -0.2) is 9.97 Å². The highest BCUT2D eigenvalue weighted by Gasteiger charge is 2.09. The topological polar surface area (TPSA) is 28.7 Å². The van der Waals surface area contributed by atoms with E-state index in [4.69, 9.17) is 0 Å². The number of fused-ring (bicyclic) bond motifs is 1. The van der Waals surface area contributed by atoms with Crippen molar-refractivity contribution in [3.63, 3.8) is 0 Å². The maximum atomic E-state index is 4.67. The van der Waals surface area contributed by atoms with Crippen LogP contribution in [0.4, 0.5) is 0 Å². The van der Waals surface area contributed by atoms with Crippen LogP contribution in [0.5, 0.6) is 0 Å². The molecule has 86 valence electrons. The molecule has 1 N–H and O–H groups in total. The molecule has 3 aromatic rings. The third kappa shape index (κ3) is 1.67. The maximum absolute atomic E-state index is 4.67. The van der Waals surface area contributed by atoms with Crippen molar-refractivity contribution in [3.8, 4) is 11.4 Å². The smallest absolute Gasteiger partial charge is 0.139 e. The summed E-state index contributed by atoms with van der Waals surface area (Å²) in [5, 5.41) is 4.30. The number of aryl methyl sites for hydroxylation is 3. The van der Waals surface area contributed by atoms with Crippen LogP contribution in [0.15, 0.2) is 22.9 Å². The summed E-state index contributed by atoms with van der Waals surface area (Å²) in [6.45, 7) is 6.37. The zero-order valence-corrected chi connectivity index (χ0v) is 11.0. The Morgan fingerprint density at radius 1 is 1.00 bits per heavy atom. The van der Waals surface area contributed by atoms with Crippen molar-refractivity contribution in [1.29, 1.82) is 0 Å². The van der Waals surface area contributed by atoms with E-state index in [0.29, 0.717) is 0 Å². The molecule has 0 aliphatic heterocycles. The first-order chi connectivity index (χ1) is 8.15. The molecule has 2 heterocycles. The van der Waals surface area contributed by atoms with Gasteiger partial charge in [0, 0.05) is 10.9 Å². The lowest BCUT2D eigenvalue weighted by Crippen LogP contribution is -1.79. The zero-order chi connectivity index (χ0) is 12.0. The van der Waals surface area contributed by atoms with Crippen LogP contribution in [-0.2, 0) is 0 Å². The molecular formula is C14H14N2S. The maximum Gasteiger partial charge on any atom is 0.139 e. The average molecular weight is 242 g/mol. The van der Waals surface area contributed by atoms with Crippen molar-refractivity contribution in [2.75, 3.05) is 0 Å². The summed E-state index contributed by atoms with van der Waals surface area (Å²) in [4.78, 5) is 8.07. The lowest BCUT2D eigenvalue weighted by Gasteiger charge is -1.97. The Bertz CT molecular complexity index is 652. The first kappa shape index (κ1) is 10.5. The van der Waals surface area contributed by atoms with E-state index in [1.54, 1.807) is 11.3 Å². The van der Waals surface area contributed by atoms with E-state index in [1.807, 2.05) is 0 Å². The normalized spacial score (nSPS) is 11.2. The van der Waals surface area contributed by atoms with Crippen LogP contribution < -0.4 is 0 Å². The molecule has 0 aliphatic carbocycles. The number of hydrogen-bond acceptors (Lipinski definition) is 2. The number of H-pyrrole nitrogens is 1. The van der Waals surface area contributed by atoms with Crippen LogP contribution in [0.1, 0.15) is 16.7 Å². The second kappa shape index (κ2) is 3.70. The molecule has 0 aliphatic rings. The minimum Gasteiger partial charge on any atom is -0.338 e. The number of nitrogens with one attached hydrogen (secondary N) is 1. The van der Waals surface area contributed by atoms with E-state index in [0.717, 1.165) is 16.9 Å². The van der Waals surface area contributed by atoms with Gasteiger partial charge in [-0.05, 0) is 55.0 Å². The number of nitrogens with zero attached hydrogens (tertiary/aromatic N) is 1. The van der Waals surface area contributed by atoms with E-state index in [9.17, 15) is 0 Å². The number of rotatable bonds is 1. The Balaban J connectivity index is 2.24. The minimum atomic E-state index is 0.976. The van der Waals surface area contributed by atoms with E-state index >= 15 is 0 Å². The summed E-state index contributed by atoms with van der Waals surface area (Å²) in [6, 6.07) is 4.31. The summed E-state index contributed by atoms with van der Waals surface area (Å²) >= 11 is 1.72. The second-order valence-electron chi connectivity index (χ2n) is 4.51. The van der Waals surface area contributed by atoms with Crippen LogP contribution in [0.3, 0.4) is 0 Å². The molecule has 0 spiro atoms. The summed E-state index contributed by atoms with van der Waals surface area (Å²) in [6.07, 6.45) is 0. The van der Waals surface area contributed by atoms with Crippen molar-refractivity contribution < 1.29 is 0 Å². The SMILES string of the molecule is Cc1cc2nc(-c3cscc3C)[nH]c2cc1C. The van der Waals surface area contributed by atoms with Gasteiger partial charge in [-0.1, -0.05) is 0 Å². The second-order valence-corrected chi connectivity index (χ2v) is 5.25. The van der Waals surface area contributed by atoms with Gasteiger partial charge in [0.1, 0.15) is 5.82 Å². The zero-order valence-electron chi connectivity index (χ0n) is 10.2. The van der Waals surface area contributed by atoms with E-state index in [1.165, 1.54) is 22.3 Å². The first-order valence-corrected chi connectivity index (χ1v) is 6.59. The van der Waals surface area contributed by atoms with Crippen LogP contribution >= 0.6 is 11.3 Å². The molecule has 0 amide bonds. The van der Waals surface area contributed by atoms with Crippen molar-refractivity contribution in [2.45, 2.75) is 20.8 Å². The van der Waals surface area contributed by atoms with Gasteiger partial charge in [-0.2, -0.15) is 11.3 Å². The highest BCUT2D eigenvalue weighted by Crippen LogP contribution is 2.27. The van der Waals surface area contributed by atoms with Gasteiger partial charge in [-0.3, -0.25) is 0 Å². The fourth-order valence-corrected chi connectivity index (χ4v) is 2.83. The fourth-order valence-electron chi connectivity index (χ4n) is 2.00. The summed E-state index contributed by atoms with van der Waals surface area (Å²) < 4.78 is 0. The quantitative estimate of drug-likeness (QED) is 0.680. The molecule has 3 heteroatoms. The number of hydrogen-bond donors (Lipinski definition) is 1. The van der Waals surface area contributed by atoms with E-state index in [-0.39, 0.29) is 0 Å². The molecular weight excluding hydrogens is 228 g/mol. The van der Waals surface area contributed by atoms with Gasteiger partial charge in [0.2, 0.25) is 0 Å². The molecule has 0 saturated carbocycles. The number of aromatic amines is 1. The third-order valence-electron chi connectivity index (χ3n) is 3.21. The molecule has 1 aromatic carbocycles. The predicted molar refractivity (Wildman–Crippen MR) is 73.6 cm³/mol. The number of thiophene rings is 1. The number of aromatic nitrogens is 2. The van der Waals surface area contributed by atoms with Gasteiger partial charge in [-0.15, -0.1) is 0 Å². The Hall–Kier alpha value is -1.61. The summed E-state index contributed by atoms with van der Waals surface area (Å²) in [7, 11) is 0. The van der Waals surface area contributed by atoms with Crippen LogP contribution in [0.25, 0.3) is 22.4 Å². The molecule has 0 radical (unpaired) electrons. The molecule has 3 rings (SSSR count). The Labute approximate surface area is 104 Å². The van der Waals surface area contributed by atoms with Crippen molar-refractivity contribution in [1.82, 2.24) is 9.97 Å². The van der Waals surface area contributed by atoms with Gasteiger partial charge in [0.05, 0.1) is 11.0 Å². The number of benzene rings is 1. The minimum absolute atomic E-state index is 0.976. The average Bonchev–Trinajstić information content (AvgIpc) is 2.85. The predicted octanol–water partition coefficient (Wildman–Crippen LogP) is 4.22. The molecule has 0 bridgehead atoms. The highest BCUT2D eigenvalue weighted by molar-refractivity contribution is 7.08. The molecule has 2 aromatic heterocycles. The van der Waals surface area contributed by atoms with Crippen molar-refractivity contribution >= 4 is 22.4 Å². The monoisotopic (exact) mass is 242 g/mol. The molecule has 17 heavy (non-hydrogen) atoms. The van der Waals surface area contributed by atoms with Gasteiger partial charge >= 0.3 is 0 Å². The Morgan fingerprint density at radius 2 is 1.76 bits per heavy atom. The Kier molecular flexibility index (Phi) is 2.30. The molecule has 0 unspecified atom stereocenters. The van der Waals surface area contributed by atoms with Gasteiger partial charge in [0.15, 0.2) is 0 Å². The van der Waals surface area contributed by atoms with Crippen LogP contribution in [0.2, 0.25) is 0 Å². The highest BCUT2D eigenvalue weighted by atomic mass is 32.1. The number of imidazole rings is 1. The van der Waals surface area contributed by atoms with Gasteiger partial charge < -0.3 is 4.98 Å². The first-order valence-electron chi connectivity index (χ1n) is 5.65. The van der Waals surface area contributed by atoms with Crippen molar-refractivity contribution in [3.05, 3.63) is 39.6 Å². The van der Waals surface area contributed by atoms with Gasteiger partial charge in [-0.25, -0.2) is 4.98 Å². The lowest BCUT2D eigenvalue weighted by atomic mass is 10.1. The lowest BCUT2D eigenvalue weighted by molar-refractivity contribution is 1.32. The molecule has 0 fully saturated rings. The standard InChI is InChI=1S/C14H14N2S/c1-8-4-12-13(5-9(8)2)16-14(15-12)11-7-17-6-10(11)3/h4-7H,1-3H3,(H,15,16). The molecule has 0 saturated heterocycles. The van der Waals surface area contributed by atoms with Gasteiger partial charge in [0.25, 0.3) is 0 Å². The van der Waals surface area contributed by atoms with Crippen LogP contribution in [0, 0.1) is 20.8 Å². The fraction of sp³-hybridized carbons (Fsp3) is 0.214. The summed E-state index contributed by atoms with van der Waals surface area (Å²) in [5.74, 6) is 0.976. The largest absolute Gasteiger partial charge is 0.338 e. The third-order valence-corrected chi connectivity index (χ3v) is 4.07. The molecule has 0 atom stereocenters. The summed E-state index contributed by atoms with van der Waals surface area (Å²) in [5.41, 5.74) is 7.25.